The molecule has 0 atom stereocenters. The van der Waals surface area contributed by atoms with Gasteiger partial charge in [0.15, 0.2) is 0 Å². The maximum atomic E-state index is 12.9. The van der Waals surface area contributed by atoms with Crippen LogP contribution in [0.5, 0.6) is 0 Å². The summed E-state index contributed by atoms with van der Waals surface area (Å²) in [6, 6.07) is 10.1. The molecule has 6 nitrogen and oxygen atoms in total. The smallest absolute Gasteiger partial charge is 0.225 e. The number of benzene rings is 1. The van der Waals surface area contributed by atoms with E-state index in [1.54, 1.807) is 22.7 Å². The van der Waals surface area contributed by atoms with Gasteiger partial charge in [-0.2, -0.15) is 0 Å². The maximum absolute atomic E-state index is 12.9. The average molecular weight is 491 g/mol. The van der Waals surface area contributed by atoms with Gasteiger partial charge in [0.05, 0.1) is 16.6 Å². The number of aromatic amines is 1. The number of hydrogen-bond acceptors (Lipinski definition) is 5. The van der Waals surface area contributed by atoms with Gasteiger partial charge in [-0.25, -0.2) is 4.98 Å². The molecule has 0 saturated carbocycles. The number of fused-ring (bicyclic) bond motifs is 3. The lowest BCUT2D eigenvalue weighted by Crippen LogP contribution is -2.35. The van der Waals surface area contributed by atoms with E-state index in [-0.39, 0.29) is 24.7 Å². The highest BCUT2D eigenvalue weighted by atomic mass is 32.1. The third-order valence-corrected chi connectivity index (χ3v) is 9.01. The Balaban J connectivity index is 1.18. The third kappa shape index (κ3) is 4.05. The van der Waals surface area contributed by atoms with Crippen LogP contribution in [0.25, 0.3) is 22.4 Å². The Labute approximate surface area is 206 Å². The van der Waals surface area contributed by atoms with Crippen molar-refractivity contribution in [1.29, 1.82) is 0 Å². The first-order chi connectivity index (χ1) is 16.7. The SMILES string of the molecule is O=C(CCC(=O)N1CCc2sccc2C1)Nc1sc2c(c1-c1nc3ccccc3[nH]1)CCCC2. The van der Waals surface area contributed by atoms with Gasteiger partial charge in [0, 0.05) is 35.7 Å². The van der Waals surface area contributed by atoms with Crippen LogP contribution in [-0.2, 0) is 35.4 Å². The molecule has 3 aromatic heterocycles. The van der Waals surface area contributed by atoms with Crippen molar-refractivity contribution in [2.75, 3.05) is 11.9 Å². The number of carbonyl (C=O) groups excluding carboxylic acids is 2. The van der Waals surface area contributed by atoms with Crippen LogP contribution in [0.15, 0.2) is 35.7 Å². The molecule has 2 amide bonds. The fourth-order valence-electron chi connectivity index (χ4n) is 5.00. The number of hydrogen-bond donors (Lipinski definition) is 2. The molecule has 2 aliphatic rings. The summed E-state index contributed by atoms with van der Waals surface area (Å²) < 4.78 is 0. The van der Waals surface area contributed by atoms with E-state index in [0.717, 1.165) is 59.7 Å². The molecule has 1 aliphatic heterocycles. The molecule has 0 spiro atoms. The summed E-state index contributed by atoms with van der Waals surface area (Å²) in [6.07, 6.45) is 5.71. The lowest BCUT2D eigenvalue weighted by atomic mass is 9.95. The van der Waals surface area contributed by atoms with Crippen molar-refractivity contribution < 1.29 is 9.59 Å². The molecule has 34 heavy (non-hydrogen) atoms. The summed E-state index contributed by atoms with van der Waals surface area (Å²) in [4.78, 5) is 38.6. The van der Waals surface area contributed by atoms with Crippen LogP contribution in [-0.4, -0.2) is 33.2 Å². The second kappa shape index (κ2) is 9.00. The third-order valence-electron chi connectivity index (χ3n) is 6.78. The zero-order chi connectivity index (χ0) is 23.1. The van der Waals surface area contributed by atoms with Crippen LogP contribution in [0.2, 0.25) is 0 Å². The van der Waals surface area contributed by atoms with Gasteiger partial charge in [-0.15, -0.1) is 22.7 Å². The van der Waals surface area contributed by atoms with Crippen molar-refractivity contribution in [2.45, 2.75) is 51.5 Å². The molecular formula is C26H26N4O2S2. The average Bonchev–Trinajstić information content (AvgIpc) is 3.57. The molecule has 0 bridgehead atoms. The van der Waals surface area contributed by atoms with E-state index in [4.69, 9.17) is 4.98 Å². The molecule has 6 rings (SSSR count). The summed E-state index contributed by atoms with van der Waals surface area (Å²) in [6.45, 7) is 1.40. The molecule has 1 aliphatic carbocycles. The Morgan fingerprint density at radius 3 is 2.85 bits per heavy atom. The molecule has 4 aromatic rings. The highest BCUT2D eigenvalue weighted by Gasteiger charge is 2.26. The fourth-order valence-corrected chi connectivity index (χ4v) is 7.20. The van der Waals surface area contributed by atoms with Crippen LogP contribution in [0.1, 0.15) is 46.6 Å². The highest BCUT2D eigenvalue weighted by molar-refractivity contribution is 7.17. The Bertz CT molecular complexity index is 1350. The lowest BCUT2D eigenvalue weighted by molar-refractivity contribution is -0.133. The van der Waals surface area contributed by atoms with E-state index < -0.39 is 0 Å². The number of rotatable bonds is 5. The van der Waals surface area contributed by atoms with Gasteiger partial charge in [0.1, 0.15) is 10.8 Å². The van der Waals surface area contributed by atoms with Crippen molar-refractivity contribution in [3.05, 3.63) is 56.6 Å². The zero-order valence-electron chi connectivity index (χ0n) is 18.9. The number of thiophene rings is 2. The van der Waals surface area contributed by atoms with Gasteiger partial charge in [-0.05, 0) is 66.8 Å². The van der Waals surface area contributed by atoms with Gasteiger partial charge in [0.2, 0.25) is 11.8 Å². The molecule has 0 unspecified atom stereocenters. The van der Waals surface area contributed by atoms with Gasteiger partial charge >= 0.3 is 0 Å². The highest BCUT2D eigenvalue weighted by Crippen LogP contribution is 2.43. The molecular weight excluding hydrogens is 464 g/mol. The number of imidazole rings is 1. The van der Waals surface area contributed by atoms with Crippen LogP contribution in [0, 0.1) is 0 Å². The van der Waals surface area contributed by atoms with Gasteiger partial charge in [0.25, 0.3) is 0 Å². The standard InChI is InChI=1S/C26H26N4O2S2/c31-22(9-10-23(32)30-13-11-20-16(15-30)12-14-33-20)29-26-24(17-5-1-4-8-21(17)34-26)25-27-18-6-2-3-7-19(18)28-25/h2-3,6-7,12,14H,1,4-5,8-11,13,15H2,(H,27,28)(H,29,31). The predicted molar refractivity (Wildman–Crippen MR) is 137 cm³/mol. The lowest BCUT2D eigenvalue weighted by Gasteiger charge is -2.27. The molecule has 8 heteroatoms. The summed E-state index contributed by atoms with van der Waals surface area (Å²) in [7, 11) is 0. The Morgan fingerprint density at radius 2 is 1.94 bits per heavy atom. The summed E-state index contributed by atoms with van der Waals surface area (Å²) in [5.74, 6) is 0.749. The largest absolute Gasteiger partial charge is 0.338 e. The van der Waals surface area contributed by atoms with Crippen LogP contribution < -0.4 is 5.32 Å². The van der Waals surface area contributed by atoms with E-state index in [0.29, 0.717) is 6.54 Å². The van der Waals surface area contributed by atoms with E-state index >= 15 is 0 Å². The fraction of sp³-hybridized carbons (Fsp3) is 0.346. The van der Waals surface area contributed by atoms with E-state index in [1.807, 2.05) is 29.2 Å². The number of anilines is 1. The van der Waals surface area contributed by atoms with Gasteiger partial charge in [-0.1, -0.05) is 12.1 Å². The number of aromatic nitrogens is 2. The second-order valence-corrected chi connectivity index (χ2v) is 11.1. The first-order valence-corrected chi connectivity index (χ1v) is 13.6. The number of amides is 2. The molecule has 2 N–H and O–H groups in total. The minimum absolute atomic E-state index is 0.0509. The molecule has 0 fully saturated rings. The summed E-state index contributed by atoms with van der Waals surface area (Å²) >= 11 is 3.43. The minimum atomic E-state index is -0.113. The second-order valence-electron chi connectivity index (χ2n) is 9.00. The number of nitrogens with one attached hydrogen (secondary N) is 2. The molecule has 0 saturated heterocycles. The number of para-hydroxylation sites is 2. The van der Waals surface area contributed by atoms with Gasteiger partial charge < -0.3 is 15.2 Å². The van der Waals surface area contributed by atoms with E-state index in [9.17, 15) is 9.59 Å². The molecule has 0 radical (unpaired) electrons. The summed E-state index contributed by atoms with van der Waals surface area (Å²) in [5, 5.41) is 6.07. The topological polar surface area (TPSA) is 78.1 Å². The predicted octanol–water partition coefficient (Wildman–Crippen LogP) is 5.54. The number of nitrogens with zero attached hydrogens (tertiary/aromatic N) is 2. The van der Waals surface area contributed by atoms with Crippen molar-refractivity contribution in [3.63, 3.8) is 0 Å². The first-order valence-electron chi connectivity index (χ1n) is 11.9. The monoisotopic (exact) mass is 490 g/mol. The Kier molecular flexibility index (Phi) is 5.71. The molecule has 1 aromatic carbocycles. The summed E-state index contributed by atoms with van der Waals surface area (Å²) in [5.41, 5.74) is 5.49. The minimum Gasteiger partial charge on any atom is -0.338 e. The maximum Gasteiger partial charge on any atom is 0.225 e. The molecule has 4 heterocycles. The molecule has 174 valence electrons. The van der Waals surface area contributed by atoms with E-state index in [1.165, 1.54) is 27.3 Å². The van der Waals surface area contributed by atoms with Crippen LogP contribution >= 0.6 is 22.7 Å². The Morgan fingerprint density at radius 1 is 1.06 bits per heavy atom. The van der Waals surface area contributed by atoms with Crippen LogP contribution in [0.4, 0.5) is 5.00 Å². The van der Waals surface area contributed by atoms with E-state index in [2.05, 4.69) is 21.7 Å². The first kappa shape index (κ1) is 21.6. The van der Waals surface area contributed by atoms with Crippen molar-refractivity contribution in [3.8, 4) is 11.4 Å². The Hall–Kier alpha value is -2.97. The normalized spacial score (nSPS) is 15.2. The quantitative estimate of drug-likeness (QED) is 0.386. The number of aryl methyl sites for hydroxylation is 1. The number of H-pyrrole nitrogens is 1. The number of carbonyl (C=O) groups is 2. The van der Waals surface area contributed by atoms with Crippen LogP contribution in [0.3, 0.4) is 0 Å². The van der Waals surface area contributed by atoms with Crippen molar-refractivity contribution >= 4 is 50.5 Å². The zero-order valence-corrected chi connectivity index (χ0v) is 20.5. The van der Waals surface area contributed by atoms with Crippen molar-refractivity contribution in [2.24, 2.45) is 0 Å². The van der Waals surface area contributed by atoms with Crippen molar-refractivity contribution in [1.82, 2.24) is 14.9 Å². The van der Waals surface area contributed by atoms with Gasteiger partial charge in [-0.3, -0.25) is 9.59 Å².